The zero-order chi connectivity index (χ0) is 21.5. The zero-order valence-corrected chi connectivity index (χ0v) is 17.5. The van der Waals surface area contributed by atoms with Gasteiger partial charge in [-0.25, -0.2) is 22.9 Å². The van der Waals surface area contributed by atoms with Gasteiger partial charge in [0, 0.05) is 29.5 Å². The minimum Gasteiger partial charge on any atom is -0.445 e. The zero-order valence-electron chi connectivity index (χ0n) is 16.7. The van der Waals surface area contributed by atoms with Gasteiger partial charge in [-0.1, -0.05) is 13.8 Å². The fourth-order valence-electron chi connectivity index (χ4n) is 3.77. The normalized spacial score (nSPS) is 19.5. The molecule has 0 amide bonds. The van der Waals surface area contributed by atoms with E-state index in [1.54, 1.807) is 6.20 Å². The lowest BCUT2D eigenvalue weighted by Gasteiger charge is -2.07. The molecule has 10 heteroatoms. The fraction of sp³-hybridized carbons (Fsp3) is 0.400. The molecule has 1 aliphatic carbocycles. The highest BCUT2D eigenvalue weighted by Gasteiger charge is 2.31. The van der Waals surface area contributed by atoms with Crippen molar-refractivity contribution in [1.29, 1.82) is 0 Å². The van der Waals surface area contributed by atoms with E-state index in [2.05, 4.69) is 34.3 Å². The lowest BCUT2D eigenvalue weighted by Crippen LogP contribution is -2.12. The second-order valence-electron chi connectivity index (χ2n) is 7.98. The highest BCUT2D eigenvalue weighted by molar-refractivity contribution is 7.89. The maximum atomic E-state index is 14.2. The van der Waals surface area contributed by atoms with Gasteiger partial charge in [0.15, 0.2) is 11.7 Å². The van der Waals surface area contributed by atoms with E-state index in [-0.39, 0.29) is 22.4 Å². The quantitative estimate of drug-likeness (QED) is 0.537. The Labute approximate surface area is 174 Å². The number of nitrogens with two attached hydrogens (primary N) is 1. The Kier molecular flexibility index (Phi) is 5.37. The Morgan fingerprint density at radius 2 is 2.03 bits per heavy atom. The van der Waals surface area contributed by atoms with Crippen LogP contribution in [0.4, 0.5) is 15.9 Å². The van der Waals surface area contributed by atoms with Crippen molar-refractivity contribution in [2.75, 3.05) is 5.32 Å². The molecule has 4 rings (SSSR count). The number of H-pyrrole nitrogens is 1. The Morgan fingerprint density at radius 1 is 1.27 bits per heavy atom. The van der Waals surface area contributed by atoms with Crippen molar-refractivity contribution in [2.45, 2.75) is 55.8 Å². The smallest absolute Gasteiger partial charge is 0.238 e. The number of nitrogens with one attached hydrogen (secondary N) is 2. The molecule has 0 spiro atoms. The number of nitrogens with zero attached hydrogens (tertiary/aromatic N) is 2. The Hall–Kier alpha value is -2.72. The minimum atomic E-state index is -3.96. The first-order valence-corrected chi connectivity index (χ1v) is 11.4. The second kappa shape index (κ2) is 7.84. The topological polar surface area (TPSA) is 127 Å². The molecule has 3 aromatic rings. The van der Waals surface area contributed by atoms with Gasteiger partial charge >= 0.3 is 0 Å². The molecule has 0 radical (unpaired) electrons. The summed E-state index contributed by atoms with van der Waals surface area (Å²) in [6.07, 6.45) is 4.66. The lowest BCUT2D eigenvalue weighted by atomic mass is 10.0. The number of hydrogen-bond acceptors (Lipinski definition) is 6. The molecular weight excluding hydrogens is 409 g/mol. The summed E-state index contributed by atoms with van der Waals surface area (Å²) in [7, 11) is -3.96. The van der Waals surface area contributed by atoms with E-state index in [1.165, 1.54) is 12.1 Å². The van der Waals surface area contributed by atoms with Crippen LogP contribution in [0.5, 0.6) is 0 Å². The van der Waals surface area contributed by atoms with Gasteiger partial charge in [-0.3, -0.25) is 5.10 Å². The van der Waals surface area contributed by atoms with Gasteiger partial charge in [0.1, 0.15) is 11.6 Å². The molecule has 2 unspecified atom stereocenters. The number of benzene rings is 1. The molecule has 2 heterocycles. The predicted octanol–water partition coefficient (Wildman–Crippen LogP) is 4.10. The Bertz CT molecular complexity index is 1150. The van der Waals surface area contributed by atoms with Crippen molar-refractivity contribution >= 4 is 21.5 Å². The summed E-state index contributed by atoms with van der Waals surface area (Å²) in [5, 5.41) is 15.1. The van der Waals surface area contributed by atoms with Gasteiger partial charge in [0.2, 0.25) is 10.0 Å². The van der Waals surface area contributed by atoms with Crippen LogP contribution in [-0.4, -0.2) is 23.6 Å². The third-order valence-electron chi connectivity index (χ3n) is 5.46. The van der Waals surface area contributed by atoms with Crippen molar-refractivity contribution in [3.8, 4) is 0 Å². The minimum absolute atomic E-state index is 0.116. The molecule has 2 atom stereocenters. The van der Waals surface area contributed by atoms with Crippen LogP contribution in [0.25, 0.3) is 0 Å². The van der Waals surface area contributed by atoms with Gasteiger partial charge in [-0.15, -0.1) is 0 Å². The predicted molar refractivity (Wildman–Crippen MR) is 110 cm³/mol. The van der Waals surface area contributed by atoms with Crippen LogP contribution in [-0.2, 0) is 10.0 Å². The SMILES string of the molecule is CC(C)c1cnc(C2CCC(c3cc(Nc4ccc(S(N)(=O)=O)cc4F)n[nH]3)C2)o1. The van der Waals surface area contributed by atoms with E-state index in [0.29, 0.717) is 11.7 Å². The van der Waals surface area contributed by atoms with Gasteiger partial charge < -0.3 is 9.73 Å². The molecule has 1 aliphatic rings. The molecule has 1 fully saturated rings. The molecule has 160 valence electrons. The molecule has 8 nitrogen and oxygen atoms in total. The Morgan fingerprint density at radius 3 is 2.70 bits per heavy atom. The lowest BCUT2D eigenvalue weighted by molar-refractivity contribution is 0.406. The van der Waals surface area contributed by atoms with E-state index < -0.39 is 15.8 Å². The van der Waals surface area contributed by atoms with Crippen molar-refractivity contribution in [2.24, 2.45) is 5.14 Å². The van der Waals surface area contributed by atoms with Gasteiger partial charge in [0.25, 0.3) is 0 Å². The molecule has 1 aromatic carbocycles. The summed E-state index contributed by atoms with van der Waals surface area (Å²) >= 11 is 0. The molecule has 1 saturated carbocycles. The monoisotopic (exact) mass is 433 g/mol. The first kappa shape index (κ1) is 20.5. The van der Waals surface area contributed by atoms with Crippen LogP contribution in [0.3, 0.4) is 0 Å². The second-order valence-corrected chi connectivity index (χ2v) is 9.54. The third-order valence-corrected chi connectivity index (χ3v) is 6.37. The van der Waals surface area contributed by atoms with Crippen LogP contribution in [0.1, 0.15) is 68.2 Å². The molecule has 0 saturated heterocycles. The maximum absolute atomic E-state index is 14.2. The van der Waals surface area contributed by atoms with Crippen molar-refractivity contribution < 1.29 is 17.2 Å². The van der Waals surface area contributed by atoms with Gasteiger partial charge in [0.05, 0.1) is 16.8 Å². The van der Waals surface area contributed by atoms with E-state index in [4.69, 9.17) is 9.56 Å². The van der Waals surface area contributed by atoms with Crippen LogP contribution >= 0.6 is 0 Å². The number of sulfonamides is 1. The first-order chi connectivity index (χ1) is 14.2. The van der Waals surface area contributed by atoms with Crippen LogP contribution < -0.4 is 10.5 Å². The van der Waals surface area contributed by atoms with E-state index in [9.17, 15) is 12.8 Å². The first-order valence-electron chi connectivity index (χ1n) is 9.81. The highest BCUT2D eigenvalue weighted by atomic mass is 32.2. The number of hydrogen-bond donors (Lipinski definition) is 3. The average Bonchev–Trinajstić information content (AvgIpc) is 3.42. The molecule has 2 aromatic heterocycles. The number of anilines is 2. The summed E-state index contributed by atoms with van der Waals surface area (Å²) in [5.74, 6) is 2.27. The van der Waals surface area contributed by atoms with E-state index in [1.807, 2.05) is 6.07 Å². The van der Waals surface area contributed by atoms with Crippen molar-refractivity contribution in [3.05, 3.63) is 53.6 Å². The largest absolute Gasteiger partial charge is 0.445 e. The average molecular weight is 434 g/mol. The summed E-state index contributed by atoms with van der Waals surface area (Å²) in [6.45, 7) is 4.15. The number of oxazole rings is 1. The molecular formula is C20H24FN5O3S. The van der Waals surface area contributed by atoms with Gasteiger partial charge in [-0.2, -0.15) is 5.10 Å². The standard InChI is InChI=1S/C20H24FN5O3S/c1-11(2)18-10-23-20(29-18)13-4-3-12(7-13)17-9-19(26-25-17)24-16-6-5-14(8-15(16)21)30(22,27)28/h5-6,8-13H,3-4,7H2,1-2H3,(H2,22,27,28)(H2,24,25,26). The fourth-order valence-corrected chi connectivity index (χ4v) is 4.29. The summed E-state index contributed by atoms with van der Waals surface area (Å²) in [5.41, 5.74) is 1.07. The van der Waals surface area contributed by atoms with Crippen LogP contribution in [0, 0.1) is 5.82 Å². The molecule has 0 aliphatic heterocycles. The van der Waals surface area contributed by atoms with Crippen LogP contribution in [0.15, 0.2) is 39.8 Å². The maximum Gasteiger partial charge on any atom is 0.238 e. The highest BCUT2D eigenvalue weighted by Crippen LogP contribution is 2.43. The number of aromatic amines is 1. The van der Waals surface area contributed by atoms with Crippen molar-refractivity contribution in [1.82, 2.24) is 15.2 Å². The van der Waals surface area contributed by atoms with Crippen molar-refractivity contribution in [3.63, 3.8) is 0 Å². The van der Waals surface area contributed by atoms with Gasteiger partial charge in [-0.05, 0) is 37.5 Å². The molecule has 0 bridgehead atoms. The molecule has 30 heavy (non-hydrogen) atoms. The third kappa shape index (κ3) is 4.24. The van der Waals surface area contributed by atoms with E-state index >= 15 is 0 Å². The number of rotatable bonds is 6. The van der Waals surface area contributed by atoms with E-state index in [0.717, 1.165) is 42.7 Å². The number of halogens is 1. The number of aromatic nitrogens is 3. The Balaban J connectivity index is 1.43. The summed E-state index contributed by atoms with van der Waals surface area (Å²) in [6, 6.07) is 5.30. The molecule has 4 N–H and O–H groups in total. The summed E-state index contributed by atoms with van der Waals surface area (Å²) < 4.78 is 42.8. The van der Waals surface area contributed by atoms with Crippen LogP contribution in [0.2, 0.25) is 0 Å². The summed E-state index contributed by atoms with van der Waals surface area (Å²) in [4.78, 5) is 4.16. The number of primary sulfonamides is 1.